The predicted octanol–water partition coefficient (Wildman–Crippen LogP) is 0.837. The van der Waals surface area contributed by atoms with Crippen LogP contribution in [0.1, 0.15) is 12.6 Å². The van der Waals surface area contributed by atoms with Crippen molar-refractivity contribution in [3.63, 3.8) is 0 Å². The van der Waals surface area contributed by atoms with Crippen molar-refractivity contribution < 1.29 is 13.2 Å². The maximum atomic E-state index is 12.7. The lowest BCUT2D eigenvalue weighted by Gasteiger charge is -2.09. The predicted molar refractivity (Wildman–Crippen MR) is 67.5 cm³/mol. The SMILES string of the molecule is CCn1c(Sc2cc(C(F)(F)F)nc(NN)n2)n[nH]c1=O. The van der Waals surface area contributed by atoms with Crippen LogP contribution in [-0.4, -0.2) is 24.7 Å². The Morgan fingerprint density at radius 1 is 1.48 bits per heavy atom. The largest absolute Gasteiger partial charge is 0.433 e. The summed E-state index contributed by atoms with van der Waals surface area (Å²) in [6, 6.07) is 0.755. The summed E-state index contributed by atoms with van der Waals surface area (Å²) >= 11 is 0.793. The molecule has 0 radical (unpaired) electrons. The number of nitrogens with zero attached hydrogens (tertiary/aromatic N) is 4. The van der Waals surface area contributed by atoms with Crippen molar-refractivity contribution in [2.45, 2.75) is 29.8 Å². The van der Waals surface area contributed by atoms with E-state index < -0.39 is 17.6 Å². The van der Waals surface area contributed by atoms with Gasteiger partial charge in [0, 0.05) is 12.6 Å². The molecule has 0 aliphatic carbocycles. The van der Waals surface area contributed by atoms with Gasteiger partial charge in [-0.1, -0.05) is 0 Å². The minimum absolute atomic E-state index is 0.0426. The van der Waals surface area contributed by atoms with Gasteiger partial charge < -0.3 is 0 Å². The van der Waals surface area contributed by atoms with E-state index in [1.165, 1.54) is 4.57 Å². The molecule has 0 aliphatic heterocycles. The summed E-state index contributed by atoms with van der Waals surface area (Å²) < 4.78 is 39.4. The molecule has 12 heteroatoms. The second kappa shape index (κ2) is 5.73. The van der Waals surface area contributed by atoms with Gasteiger partial charge in [0.05, 0.1) is 0 Å². The van der Waals surface area contributed by atoms with E-state index in [1.54, 1.807) is 6.92 Å². The Labute approximate surface area is 119 Å². The van der Waals surface area contributed by atoms with Crippen LogP contribution in [0.2, 0.25) is 0 Å². The van der Waals surface area contributed by atoms with Gasteiger partial charge in [0.15, 0.2) is 10.9 Å². The van der Waals surface area contributed by atoms with Gasteiger partial charge in [-0.05, 0) is 18.7 Å². The van der Waals surface area contributed by atoms with Gasteiger partial charge in [0.1, 0.15) is 5.03 Å². The maximum absolute atomic E-state index is 12.7. The van der Waals surface area contributed by atoms with Crippen LogP contribution in [0.3, 0.4) is 0 Å². The molecule has 0 saturated heterocycles. The van der Waals surface area contributed by atoms with E-state index in [9.17, 15) is 18.0 Å². The molecular formula is C9H10F3N7OS. The van der Waals surface area contributed by atoms with E-state index in [0.29, 0.717) is 6.54 Å². The van der Waals surface area contributed by atoms with Gasteiger partial charge >= 0.3 is 11.9 Å². The second-order valence-electron chi connectivity index (χ2n) is 3.71. The maximum Gasteiger partial charge on any atom is 0.433 e. The van der Waals surface area contributed by atoms with Gasteiger partial charge in [0.25, 0.3) is 0 Å². The zero-order valence-corrected chi connectivity index (χ0v) is 11.4. The van der Waals surface area contributed by atoms with Crippen LogP contribution in [-0.2, 0) is 12.7 Å². The number of hydrazine groups is 1. The number of hydrogen-bond donors (Lipinski definition) is 3. The fourth-order valence-corrected chi connectivity index (χ4v) is 2.34. The quantitative estimate of drug-likeness (QED) is 0.434. The first-order chi connectivity index (χ1) is 9.85. The Balaban J connectivity index is 2.42. The van der Waals surface area contributed by atoms with Crippen LogP contribution < -0.4 is 17.0 Å². The number of halogens is 3. The first-order valence-corrected chi connectivity index (χ1v) is 6.42. The molecule has 0 atom stereocenters. The number of nitrogen functional groups attached to an aromatic ring is 1. The minimum Gasteiger partial charge on any atom is -0.292 e. The Hall–Kier alpha value is -2.08. The molecule has 0 unspecified atom stereocenters. The molecule has 2 rings (SSSR count). The van der Waals surface area contributed by atoms with E-state index >= 15 is 0 Å². The molecule has 8 nitrogen and oxygen atoms in total. The zero-order valence-electron chi connectivity index (χ0n) is 10.6. The summed E-state index contributed by atoms with van der Waals surface area (Å²) in [4.78, 5) is 18.4. The molecular weight excluding hydrogens is 311 g/mol. The molecule has 2 heterocycles. The van der Waals surface area contributed by atoms with Crippen molar-refractivity contribution in [2.24, 2.45) is 5.84 Å². The number of aromatic amines is 1. The average molecular weight is 321 g/mol. The molecule has 4 N–H and O–H groups in total. The Morgan fingerprint density at radius 3 is 2.76 bits per heavy atom. The third-order valence-corrected chi connectivity index (χ3v) is 3.27. The van der Waals surface area contributed by atoms with Gasteiger partial charge in [0.2, 0.25) is 5.95 Å². The molecule has 21 heavy (non-hydrogen) atoms. The number of hydrogen-bond acceptors (Lipinski definition) is 7. The highest BCUT2D eigenvalue weighted by atomic mass is 32.2. The molecule has 0 saturated carbocycles. The number of anilines is 1. The summed E-state index contributed by atoms with van der Waals surface area (Å²) in [5.41, 5.74) is 0.366. The molecule has 0 aromatic carbocycles. The fraction of sp³-hybridized carbons (Fsp3) is 0.333. The molecule has 0 bridgehead atoms. The van der Waals surface area contributed by atoms with Crippen molar-refractivity contribution in [3.05, 3.63) is 22.2 Å². The lowest BCUT2D eigenvalue weighted by Crippen LogP contribution is -2.17. The Kier molecular flexibility index (Phi) is 4.18. The first kappa shape index (κ1) is 15.3. The highest BCUT2D eigenvalue weighted by Crippen LogP contribution is 2.32. The average Bonchev–Trinajstić information content (AvgIpc) is 2.77. The molecule has 0 fully saturated rings. The third kappa shape index (κ3) is 3.33. The third-order valence-electron chi connectivity index (χ3n) is 2.36. The molecule has 2 aromatic heterocycles. The number of nitrogens with two attached hydrogens (primary N) is 1. The van der Waals surface area contributed by atoms with E-state index in [1.807, 2.05) is 5.43 Å². The standard InChI is InChI=1S/C9H10F3N7OS/c1-2-19-7(20)17-18-8(19)21-5-3-4(9(10,11)12)14-6(15-5)16-13/h3H,2,13H2,1H3,(H,17,20)(H,14,15,16). The minimum atomic E-state index is -4.64. The lowest BCUT2D eigenvalue weighted by atomic mass is 10.4. The smallest absolute Gasteiger partial charge is 0.292 e. The van der Waals surface area contributed by atoms with Crippen molar-refractivity contribution in [2.75, 3.05) is 5.43 Å². The van der Waals surface area contributed by atoms with Crippen molar-refractivity contribution >= 4 is 17.7 Å². The molecule has 2 aromatic rings. The number of alkyl halides is 3. The van der Waals surface area contributed by atoms with Crippen LogP contribution in [0, 0.1) is 0 Å². The summed E-state index contributed by atoms with van der Waals surface area (Å²) in [6.45, 7) is 2.02. The van der Waals surface area contributed by atoms with Crippen LogP contribution >= 0.6 is 11.8 Å². The summed E-state index contributed by atoms with van der Waals surface area (Å²) in [5, 5.41) is 6.09. The van der Waals surface area contributed by atoms with E-state index in [-0.39, 0.29) is 16.1 Å². The summed E-state index contributed by atoms with van der Waals surface area (Å²) in [6.07, 6.45) is -4.64. The van der Waals surface area contributed by atoms with Crippen LogP contribution in [0.5, 0.6) is 0 Å². The molecule has 0 amide bonds. The van der Waals surface area contributed by atoms with E-state index in [0.717, 1.165) is 17.8 Å². The van der Waals surface area contributed by atoms with Gasteiger partial charge in [-0.15, -0.1) is 5.10 Å². The molecule has 114 valence electrons. The first-order valence-electron chi connectivity index (χ1n) is 5.61. The fourth-order valence-electron chi connectivity index (χ4n) is 1.44. The summed E-state index contributed by atoms with van der Waals surface area (Å²) in [7, 11) is 0. The van der Waals surface area contributed by atoms with Crippen molar-refractivity contribution in [1.29, 1.82) is 0 Å². The van der Waals surface area contributed by atoms with Gasteiger partial charge in [-0.3, -0.25) is 9.99 Å². The zero-order chi connectivity index (χ0) is 15.6. The highest BCUT2D eigenvalue weighted by Gasteiger charge is 2.34. The highest BCUT2D eigenvalue weighted by molar-refractivity contribution is 7.99. The number of rotatable bonds is 4. The van der Waals surface area contributed by atoms with Crippen molar-refractivity contribution in [1.82, 2.24) is 24.7 Å². The van der Waals surface area contributed by atoms with Crippen LogP contribution in [0.25, 0.3) is 0 Å². The van der Waals surface area contributed by atoms with E-state index in [2.05, 4.69) is 20.2 Å². The molecule has 0 aliphatic rings. The second-order valence-corrected chi connectivity index (χ2v) is 4.70. The van der Waals surface area contributed by atoms with Gasteiger partial charge in [-0.25, -0.2) is 25.7 Å². The number of aromatic nitrogens is 5. The number of H-pyrrole nitrogens is 1. The van der Waals surface area contributed by atoms with Crippen LogP contribution in [0.4, 0.5) is 19.1 Å². The van der Waals surface area contributed by atoms with Crippen LogP contribution in [0.15, 0.2) is 21.0 Å². The summed E-state index contributed by atoms with van der Waals surface area (Å²) in [5.74, 6) is 4.67. The number of nitrogens with one attached hydrogen (secondary N) is 2. The van der Waals surface area contributed by atoms with E-state index in [4.69, 9.17) is 5.84 Å². The normalized spacial score (nSPS) is 11.7. The molecule has 0 spiro atoms. The lowest BCUT2D eigenvalue weighted by molar-refractivity contribution is -0.141. The Morgan fingerprint density at radius 2 is 2.19 bits per heavy atom. The Bertz CT molecular complexity index is 695. The van der Waals surface area contributed by atoms with Gasteiger partial charge in [-0.2, -0.15) is 13.2 Å². The topological polar surface area (TPSA) is 115 Å². The van der Waals surface area contributed by atoms with Crippen molar-refractivity contribution in [3.8, 4) is 0 Å². The monoisotopic (exact) mass is 321 g/mol.